The molecule has 1 heterocycles. The zero-order valence-corrected chi connectivity index (χ0v) is 10.9. The first-order valence-corrected chi connectivity index (χ1v) is 5.90. The first-order valence-electron chi connectivity index (χ1n) is 5.90. The largest absolute Gasteiger partial charge is 0.477 e. The number of nitro benzene ring substituents is 1. The number of rotatable bonds is 4. The first-order chi connectivity index (χ1) is 9.81. The van der Waals surface area contributed by atoms with Gasteiger partial charge in [-0.05, 0) is 12.1 Å². The molecule has 2 rings (SSSR count). The van der Waals surface area contributed by atoms with Crippen molar-refractivity contribution in [3.05, 3.63) is 33.9 Å². The Hall–Kier alpha value is -2.97. The molecule has 1 atom stereocenters. The number of hydrogen-bond acceptors (Lipinski definition) is 6. The maximum Gasteiger partial charge on any atom is 0.342 e. The summed E-state index contributed by atoms with van der Waals surface area (Å²) in [7, 11) is 1.35. The van der Waals surface area contributed by atoms with E-state index in [0.29, 0.717) is 0 Å². The molecule has 1 aromatic carbocycles. The number of imide groups is 1. The number of carbonyl (C=O) groups excluding carboxylic acids is 2. The second-order valence-electron chi connectivity index (χ2n) is 4.49. The van der Waals surface area contributed by atoms with Crippen molar-refractivity contribution >= 4 is 29.2 Å². The van der Waals surface area contributed by atoms with E-state index in [1.165, 1.54) is 13.1 Å². The van der Waals surface area contributed by atoms with E-state index >= 15 is 0 Å². The normalized spacial score (nSPS) is 18.0. The lowest BCUT2D eigenvalue weighted by atomic mass is 10.1. The Bertz CT molecular complexity index is 656. The van der Waals surface area contributed by atoms with Crippen molar-refractivity contribution in [3.8, 4) is 0 Å². The molecule has 0 aromatic heterocycles. The molecule has 0 spiro atoms. The summed E-state index contributed by atoms with van der Waals surface area (Å²) in [5, 5.41) is 22.4. The number of likely N-dealkylation sites (N-methyl/N-ethyl adjacent to an activating group) is 1. The number of carbonyl (C=O) groups is 3. The van der Waals surface area contributed by atoms with E-state index in [1.807, 2.05) is 0 Å². The van der Waals surface area contributed by atoms with Crippen LogP contribution in [0.15, 0.2) is 18.2 Å². The van der Waals surface area contributed by atoms with Crippen molar-refractivity contribution in [2.45, 2.75) is 12.5 Å². The number of carboxylic acid groups (broad SMARTS) is 1. The third-order valence-electron chi connectivity index (χ3n) is 3.15. The minimum absolute atomic E-state index is 0.0469. The lowest BCUT2D eigenvalue weighted by Gasteiger charge is -2.12. The van der Waals surface area contributed by atoms with Crippen LogP contribution in [0.2, 0.25) is 0 Å². The van der Waals surface area contributed by atoms with Gasteiger partial charge in [0.1, 0.15) is 11.6 Å². The average molecular weight is 293 g/mol. The zero-order valence-electron chi connectivity index (χ0n) is 10.9. The second-order valence-corrected chi connectivity index (χ2v) is 4.49. The predicted octanol–water partition coefficient (Wildman–Crippen LogP) is 0.462. The van der Waals surface area contributed by atoms with E-state index in [1.54, 1.807) is 0 Å². The summed E-state index contributed by atoms with van der Waals surface area (Å²) in [5.74, 6) is -2.23. The maximum absolute atomic E-state index is 11.7. The molecule has 1 saturated heterocycles. The number of likely N-dealkylation sites (tertiary alicyclic amines) is 1. The highest BCUT2D eigenvalue weighted by atomic mass is 16.6. The molecule has 0 radical (unpaired) electrons. The summed E-state index contributed by atoms with van der Waals surface area (Å²) in [6.07, 6.45) is -0.0469. The van der Waals surface area contributed by atoms with Gasteiger partial charge < -0.3 is 10.4 Å². The molecular formula is C12H11N3O6. The van der Waals surface area contributed by atoms with E-state index in [2.05, 4.69) is 5.32 Å². The van der Waals surface area contributed by atoms with Crippen LogP contribution in [0.1, 0.15) is 16.8 Å². The van der Waals surface area contributed by atoms with Gasteiger partial charge in [0.15, 0.2) is 0 Å². The number of nitro groups is 1. The van der Waals surface area contributed by atoms with Gasteiger partial charge in [-0.2, -0.15) is 0 Å². The molecule has 1 aliphatic heterocycles. The Morgan fingerprint density at radius 3 is 2.62 bits per heavy atom. The zero-order chi connectivity index (χ0) is 15.7. The molecule has 1 unspecified atom stereocenters. The van der Waals surface area contributed by atoms with Crippen LogP contribution in [0.25, 0.3) is 0 Å². The SMILES string of the molecule is CN1C(=O)CC(Nc2ccc([N+](=O)[O-])c(C(=O)O)c2)C1=O. The van der Waals surface area contributed by atoms with Gasteiger partial charge in [0.05, 0.1) is 11.3 Å². The Balaban J connectivity index is 2.28. The average Bonchev–Trinajstić information content (AvgIpc) is 2.66. The van der Waals surface area contributed by atoms with Crippen LogP contribution in [-0.2, 0) is 9.59 Å². The number of anilines is 1. The number of benzene rings is 1. The number of aromatic carboxylic acids is 1. The monoisotopic (exact) mass is 293 g/mol. The number of hydrogen-bond donors (Lipinski definition) is 2. The van der Waals surface area contributed by atoms with E-state index in [4.69, 9.17) is 5.11 Å². The first kappa shape index (κ1) is 14.4. The summed E-state index contributed by atoms with van der Waals surface area (Å²) in [5.41, 5.74) is -0.812. The molecule has 110 valence electrons. The highest BCUT2D eigenvalue weighted by molar-refractivity contribution is 6.06. The van der Waals surface area contributed by atoms with Crippen molar-refractivity contribution < 1.29 is 24.4 Å². The standard InChI is InChI=1S/C12H11N3O6/c1-14-10(16)5-8(11(14)17)13-6-2-3-9(15(20)21)7(4-6)12(18)19/h2-4,8,13H,5H2,1H3,(H,18,19). The Morgan fingerprint density at radius 1 is 1.48 bits per heavy atom. The summed E-state index contributed by atoms with van der Waals surface area (Å²) in [6.45, 7) is 0. The number of amides is 2. The molecule has 2 N–H and O–H groups in total. The Labute approximate surface area is 118 Å². The van der Waals surface area contributed by atoms with Crippen LogP contribution in [0.3, 0.4) is 0 Å². The lowest BCUT2D eigenvalue weighted by Crippen LogP contribution is -2.31. The molecule has 2 amide bonds. The summed E-state index contributed by atoms with van der Waals surface area (Å²) in [4.78, 5) is 45.0. The van der Waals surface area contributed by atoms with Crippen molar-refractivity contribution in [2.24, 2.45) is 0 Å². The Morgan fingerprint density at radius 2 is 2.14 bits per heavy atom. The smallest absolute Gasteiger partial charge is 0.342 e. The number of nitrogens with zero attached hydrogens (tertiary/aromatic N) is 2. The minimum Gasteiger partial charge on any atom is -0.477 e. The van der Waals surface area contributed by atoms with Crippen molar-refractivity contribution in [3.63, 3.8) is 0 Å². The molecule has 1 aromatic rings. The molecule has 1 fully saturated rings. The fourth-order valence-corrected chi connectivity index (χ4v) is 2.03. The van der Waals surface area contributed by atoms with Gasteiger partial charge in [-0.1, -0.05) is 0 Å². The highest BCUT2D eigenvalue weighted by Crippen LogP contribution is 2.24. The summed E-state index contributed by atoms with van der Waals surface area (Å²) >= 11 is 0. The van der Waals surface area contributed by atoms with Gasteiger partial charge in [0.2, 0.25) is 5.91 Å². The minimum atomic E-state index is -1.45. The van der Waals surface area contributed by atoms with Gasteiger partial charge in [0, 0.05) is 18.8 Å². The van der Waals surface area contributed by atoms with Crippen LogP contribution in [-0.4, -0.2) is 45.8 Å². The van der Waals surface area contributed by atoms with E-state index in [9.17, 15) is 24.5 Å². The fraction of sp³-hybridized carbons (Fsp3) is 0.250. The molecule has 21 heavy (non-hydrogen) atoms. The second kappa shape index (κ2) is 5.19. The van der Waals surface area contributed by atoms with Gasteiger partial charge in [-0.25, -0.2) is 4.79 Å². The van der Waals surface area contributed by atoms with Gasteiger partial charge in [-0.3, -0.25) is 24.6 Å². The van der Waals surface area contributed by atoms with E-state index in [0.717, 1.165) is 17.0 Å². The maximum atomic E-state index is 11.7. The number of carboxylic acids is 1. The molecule has 9 heteroatoms. The summed E-state index contributed by atoms with van der Waals surface area (Å²) in [6, 6.07) is 2.60. The third-order valence-corrected chi connectivity index (χ3v) is 3.15. The highest BCUT2D eigenvalue weighted by Gasteiger charge is 2.36. The van der Waals surface area contributed by atoms with Gasteiger partial charge in [0.25, 0.3) is 11.6 Å². The molecule has 0 aliphatic carbocycles. The van der Waals surface area contributed by atoms with Crippen molar-refractivity contribution in [1.82, 2.24) is 4.90 Å². The molecule has 9 nitrogen and oxygen atoms in total. The van der Waals surface area contributed by atoms with Crippen LogP contribution in [0, 0.1) is 10.1 Å². The molecule has 0 bridgehead atoms. The van der Waals surface area contributed by atoms with Crippen LogP contribution < -0.4 is 5.32 Å². The molecule has 0 saturated carbocycles. The lowest BCUT2D eigenvalue weighted by molar-refractivity contribution is -0.385. The third kappa shape index (κ3) is 2.66. The van der Waals surface area contributed by atoms with E-state index in [-0.39, 0.29) is 18.0 Å². The van der Waals surface area contributed by atoms with Crippen LogP contribution in [0.4, 0.5) is 11.4 Å². The van der Waals surface area contributed by atoms with E-state index < -0.39 is 34.1 Å². The fourth-order valence-electron chi connectivity index (χ4n) is 2.03. The Kier molecular flexibility index (Phi) is 3.57. The predicted molar refractivity (Wildman–Crippen MR) is 69.9 cm³/mol. The van der Waals surface area contributed by atoms with Crippen LogP contribution in [0.5, 0.6) is 0 Å². The number of nitrogens with one attached hydrogen (secondary N) is 1. The van der Waals surface area contributed by atoms with Crippen molar-refractivity contribution in [2.75, 3.05) is 12.4 Å². The van der Waals surface area contributed by atoms with Gasteiger partial charge in [-0.15, -0.1) is 0 Å². The van der Waals surface area contributed by atoms with Crippen molar-refractivity contribution in [1.29, 1.82) is 0 Å². The topological polar surface area (TPSA) is 130 Å². The summed E-state index contributed by atoms with van der Waals surface area (Å²) < 4.78 is 0. The van der Waals surface area contributed by atoms with Crippen LogP contribution >= 0.6 is 0 Å². The quantitative estimate of drug-likeness (QED) is 0.468. The molecule has 1 aliphatic rings. The van der Waals surface area contributed by atoms with Gasteiger partial charge >= 0.3 is 5.97 Å². The molecular weight excluding hydrogens is 282 g/mol.